The van der Waals surface area contributed by atoms with Gasteiger partial charge in [-0.1, -0.05) is 48.2 Å². The molecule has 28 heavy (non-hydrogen) atoms. The van der Waals surface area contributed by atoms with Crippen molar-refractivity contribution in [1.29, 1.82) is 0 Å². The van der Waals surface area contributed by atoms with E-state index >= 15 is 0 Å². The summed E-state index contributed by atoms with van der Waals surface area (Å²) in [6.07, 6.45) is 4.25. The first-order chi connectivity index (χ1) is 13.8. The van der Waals surface area contributed by atoms with Gasteiger partial charge in [-0.25, -0.2) is 4.98 Å². The summed E-state index contributed by atoms with van der Waals surface area (Å²) in [5.41, 5.74) is 2.44. The Morgan fingerprint density at radius 3 is 2.68 bits per heavy atom. The van der Waals surface area contributed by atoms with Crippen LogP contribution in [0.15, 0.2) is 58.4 Å². The van der Waals surface area contributed by atoms with Gasteiger partial charge in [-0.15, -0.1) is 32.9 Å². The predicted octanol–water partition coefficient (Wildman–Crippen LogP) is 5.60. The number of thioether (sulfide) groups is 1. The molecule has 0 amide bonds. The normalized spacial score (nSPS) is 13.9. The molecular weight excluding hydrogens is 404 g/mol. The van der Waals surface area contributed by atoms with Crippen molar-refractivity contribution in [3.05, 3.63) is 80.2 Å². The standard InChI is InChI=1S/C21H20N4S3/c1-2-5-15(6-3-1)11-20-22-16(13-27-20)14-28-21-24-23-19(25(21)17-8-9-17)12-18-7-4-10-26-18/h1-7,10,13,17H,8-9,11-12,14H2. The molecule has 3 heterocycles. The van der Waals surface area contributed by atoms with Crippen LogP contribution in [-0.2, 0) is 18.6 Å². The number of rotatable bonds is 8. The van der Waals surface area contributed by atoms with Crippen molar-refractivity contribution in [2.24, 2.45) is 0 Å². The van der Waals surface area contributed by atoms with Gasteiger partial charge >= 0.3 is 0 Å². The van der Waals surface area contributed by atoms with Crippen molar-refractivity contribution in [2.75, 3.05) is 0 Å². The minimum absolute atomic E-state index is 0.580. The van der Waals surface area contributed by atoms with E-state index in [0.717, 1.165) is 35.3 Å². The van der Waals surface area contributed by atoms with E-state index in [1.54, 1.807) is 34.4 Å². The van der Waals surface area contributed by atoms with Gasteiger partial charge in [0.1, 0.15) is 5.82 Å². The fourth-order valence-corrected chi connectivity index (χ4v) is 5.75. The van der Waals surface area contributed by atoms with Crippen molar-refractivity contribution >= 4 is 34.4 Å². The Balaban J connectivity index is 1.26. The molecule has 4 aromatic rings. The van der Waals surface area contributed by atoms with E-state index < -0.39 is 0 Å². The number of hydrogen-bond donors (Lipinski definition) is 0. The van der Waals surface area contributed by atoms with Crippen LogP contribution in [-0.4, -0.2) is 19.7 Å². The molecule has 0 saturated heterocycles. The Morgan fingerprint density at radius 1 is 1.00 bits per heavy atom. The number of benzene rings is 1. The molecule has 7 heteroatoms. The number of thiazole rings is 1. The molecule has 0 radical (unpaired) electrons. The van der Waals surface area contributed by atoms with Crippen LogP contribution >= 0.6 is 34.4 Å². The quantitative estimate of drug-likeness (QED) is 0.345. The van der Waals surface area contributed by atoms with Gasteiger partial charge in [0.25, 0.3) is 0 Å². The molecule has 1 aromatic carbocycles. The zero-order chi connectivity index (χ0) is 18.8. The highest BCUT2D eigenvalue weighted by molar-refractivity contribution is 7.98. The second-order valence-corrected chi connectivity index (χ2v) is 9.86. The maximum absolute atomic E-state index is 4.82. The van der Waals surface area contributed by atoms with Crippen LogP contribution in [0, 0.1) is 0 Å². The van der Waals surface area contributed by atoms with Gasteiger partial charge in [-0.2, -0.15) is 0 Å². The Bertz CT molecular complexity index is 1030. The average Bonchev–Trinajstić information content (AvgIpc) is 3.09. The fourth-order valence-electron chi connectivity index (χ4n) is 3.20. The van der Waals surface area contributed by atoms with E-state index in [0.29, 0.717) is 6.04 Å². The van der Waals surface area contributed by atoms with Crippen molar-refractivity contribution in [1.82, 2.24) is 19.7 Å². The summed E-state index contributed by atoms with van der Waals surface area (Å²) >= 11 is 5.29. The van der Waals surface area contributed by atoms with Gasteiger partial charge in [0.05, 0.1) is 10.7 Å². The zero-order valence-electron chi connectivity index (χ0n) is 15.3. The minimum Gasteiger partial charge on any atom is -0.303 e. The highest BCUT2D eigenvalue weighted by Crippen LogP contribution is 2.39. The van der Waals surface area contributed by atoms with E-state index in [2.05, 4.69) is 68.0 Å². The summed E-state index contributed by atoms with van der Waals surface area (Å²) in [4.78, 5) is 6.16. The molecule has 0 aliphatic heterocycles. The lowest BCUT2D eigenvalue weighted by Gasteiger charge is -2.07. The molecule has 0 spiro atoms. The molecular formula is C21H20N4S3. The maximum atomic E-state index is 4.82. The molecule has 5 rings (SSSR count). The van der Waals surface area contributed by atoms with Crippen LogP contribution in [0.25, 0.3) is 0 Å². The first kappa shape index (κ1) is 18.1. The van der Waals surface area contributed by atoms with Gasteiger partial charge in [0.2, 0.25) is 0 Å². The van der Waals surface area contributed by atoms with E-state index in [4.69, 9.17) is 4.98 Å². The maximum Gasteiger partial charge on any atom is 0.191 e. The fraction of sp³-hybridized carbons (Fsp3) is 0.286. The van der Waals surface area contributed by atoms with Gasteiger partial charge in [0.15, 0.2) is 5.16 Å². The van der Waals surface area contributed by atoms with Crippen LogP contribution in [0.2, 0.25) is 0 Å². The third-order valence-electron chi connectivity index (χ3n) is 4.71. The van der Waals surface area contributed by atoms with Gasteiger partial charge < -0.3 is 4.57 Å². The first-order valence-corrected chi connectivity index (χ1v) is 12.2. The lowest BCUT2D eigenvalue weighted by molar-refractivity contribution is 0.635. The number of aromatic nitrogens is 4. The molecule has 142 valence electrons. The molecule has 1 saturated carbocycles. The smallest absolute Gasteiger partial charge is 0.191 e. The van der Waals surface area contributed by atoms with E-state index in [1.807, 2.05) is 0 Å². The number of hydrogen-bond acceptors (Lipinski definition) is 6. The molecule has 1 fully saturated rings. The van der Waals surface area contributed by atoms with Crippen molar-refractivity contribution < 1.29 is 0 Å². The third-order valence-corrected chi connectivity index (χ3v) is 7.46. The van der Waals surface area contributed by atoms with Gasteiger partial charge in [-0.05, 0) is 29.9 Å². The number of thiophene rings is 1. The van der Waals surface area contributed by atoms with Crippen LogP contribution in [0.1, 0.15) is 45.9 Å². The van der Waals surface area contributed by atoms with E-state index in [-0.39, 0.29) is 0 Å². The Hall–Kier alpha value is -1.96. The lowest BCUT2D eigenvalue weighted by Crippen LogP contribution is -2.03. The van der Waals surface area contributed by atoms with Gasteiger partial charge in [0, 0.05) is 34.9 Å². The SMILES string of the molecule is c1ccc(Cc2nc(CSc3nnc(Cc4cccs4)n3C3CC3)cs2)cc1. The topological polar surface area (TPSA) is 43.6 Å². The highest BCUT2D eigenvalue weighted by Gasteiger charge is 2.29. The molecule has 0 bridgehead atoms. The summed E-state index contributed by atoms with van der Waals surface area (Å²) in [6.45, 7) is 0. The van der Waals surface area contributed by atoms with Crippen LogP contribution in [0.3, 0.4) is 0 Å². The van der Waals surface area contributed by atoms with Gasteiger partial charge in [-0.3, -0.25) is 0 Å². The van der Waals surface area contributed by atoms with E-state index in [9.17, 15) is 0 Å². The molecule has 0 atom stereocenters. The molecule has 1 aliphatic carbocycles. The summed E-state index contributed by atoms with van der Waals surface area (Å²) in [6, 6.07) is 15.4. The van der Waals surface area contributed by atoms with E-state index in [1.165, 1.54) is 28.3 Å². The summed E-state index contributed by atoms with van der Waals surface area (Å²) in [7, 11) is 0. The lowest BCUT2D eigenvalue weighted by atomic mass is 10.2. The molecule has 3 aromatic heterocycles. The number of nitrogens with zero attached hydrogens (tertiary/aromatic N) is 4. The summed E-state index contributed by atoms with van der Waals surface area (Å²) < 4.78 is 2.36. The van der Waals surface area contributed by atoms with Crippen molar-refractivity contribution in [3.8, 4) is 0 Å². The summed E-state index contributed by atoms with van der Waals surface area (Å²) in [5.74, 6) is 1.94. The largest absolute Gasteiger partial charge is 0.303 e. The minimum atomic E-state index is 0.580. The van der Waals surface area contributed by atoms with Crippen LogP contribution in [0.5, 0.6) is 0 Å². The monoisotopic (exact) mass is 424 g/mol. The Morgan fingerprint density at radius 2 is 1.89 bits per heavy atom. The average molecular weight is 425 g/mol. The Kier molecular flexibility index (Phi) is 5.29. The molecule has 0 unspecified atom stereocenters. The molecule has 4 nitrogen and oxygen atoms in total. The van der Waals surface area contributed by atoms with Crippen molar-refractivity contribution in [2.45, 2.75) is 42.6 Å². The molecule has 1 aliphatic rings. The zero-order valence-corrected chi connectivity index (χ0v) is 17.8. The summed E-state index contributed by atoms with van der Waals surface area (Å²) in [5, 5.41) is 15.5. The highest BCUT2D eigenvalue weighted by atomic mass is 32.2. The molecule has 0 N–H and O–H groups in total. The first-order valence-electron chi connectivity index (χ1n) is 9.41. The third kappa shape index (κ3) is 4.21. The second-order valence-electron chi connectivity index (χ2n) is 6.94. The predicted molar refractivity (Wildman–Crippen MR) is 116 cm³/mol. The Labute approximate surface area is 176 Å². The second kappa shape index (κ2) is 8.19. The van der Waals surface area contributed by atoms with Crippen molar-refractivity contribution in [3.63, 3.8) is 0 Å². The van der Waals surface area contributed by atoms with Crippen LogP contribution in [0.4, 0.5) is 0 Å². The van der Waals surface area contributed by atoms with Crippen LogP contribution < -0.4 is 0 Å².